The lowest BCUT2D eigenvalue weighted by atomic mass is 10.5. The molecule has 8 heteroatoms. The third kappa shape index (κ3) is 5.32. The number of carbonyl (C=O) groups excluding carboxylic acids is 1. The molecule has 94 valence electrons. The highest BCUT2D eigenvalue weighted by atomic mass is 35.5. The van der Waals surface area contributed by atoms with Crippen molar-refractivity contribution in [2.24, 2.45) is 5.73 Å². The molecule has 1 amide bonds. The molecule has 17 heavy (non-hydrogen) atoms. The van der Waals surface area contributed by atoms with Gasteiger partial charge in [-0.3, -0.25) is 0 Å². The van der Waals surface area contributed by atoms with Crippen molar-refractivity contribution in [3.63, 3.8) is 0 Å². The van der Waals surface area contributed by atoms with Crippen molar-refractivity contribution in [3.05, 3.63) is 17.0 Å². The first-order valence-electron chi connectivity index (χ1n) is 4.80. The topological polar surface area (TPSA) is 99.4 Å². The number of hydrogen-bond donors (Lipinski definition) is 2. The summed E-state index contributed by atoms with van der Waals surface area (Å²) in [7, 11) is 1.54. The monoisotopic (exact) mass is 260 g/mol. The smallest absolute Gasteiger partial charge is 0.404 e. The van der Waals surface area contributed by atoms with Gasteiger partial charge in [0, 0.05) is 13.2 Å². The van der Waals surface area contributed by atoms with Crippen LogP contribution in [0.5, 0.6) is 0 Å². The highest BCUT2D eigenvalue weighted by Crippen LogP contribution is 2.11. The van der Waals surface area contributed by atoms with E-state index in [9.17, 15) is 4.79 Å². The fourth-order valence-electron chi connectivity index (χ4n) is 1.08. The third-order valence-corrected chi connectivity index (χ3v) is 1.86. The molecule has 0 atom stereocenters. The van der Waals surface area contributed by atoms with Gasteiger partial charge in [0.05, 0.1) is 6.54 Å². The zero-order valence-corrected chi connectivity index (χ0v) is 10.0. The average Bonchev–Trinajstić information content (AvgIpc) is 2.24. The van der Waals surface area contributed by atoms with E-state index in [1.807, 2.05) is 0 Å². The summed E-state index contributed by atoms with van der Waals surface area (Å²) in [4.78, 5) is 18.4. The van der Waals surface area contributed by atoms with E-state index < -0.39 is 6.09 Å². The maximum atomic E-state index is 10.3. The highest BCUT2D eigenvalue weighted by molar-refractivity contribution is 6.29. The standard InChI is InChI=1S/C9H13ClN4O3/c1-16-5-8-13-6(10)4-7(14-8)12-2-3-17-9(11)15/h4H,2-3,5H2,1H3,(H2,11,15)(H,12,13,14). The van der Waals surface area contributed by atoms with Crippen molar-refractivity contribution in [1.29, 1.82) is 0 Å². The Morgan fingerprint density at radius 3 is 3.00 bits per heavy atom. The molecule has 0 spiro atoms. The Morgan fingerprint density at radius 1 is 1.59 bits per heavy atom. The van der Waals surface area contributed by atoms with E-state index >= 15 is 0 Å². The summed E-state index contributed by atoms with van der Waals surface area (Å²) >= 11 is 5.80. The van der Waals surface area contributed by atoms with Gasteiger partial charge in [0.15, 0.2) is 5.82 Å². The molecular formula is C9H13ClN4O3. The van der Waals surface area contributed by atoms with Gasteiger partial charge in [-0.2, -0.15) is 0 Å². The minimum absolute atomic E-state index is 0.149. The molecule has 0 aliphatic rings. The Hall–Kier alpha value is -1.60. The number of rotatable bonds is 6. The maximum Gasteiger partial charge on any atom is 0.404 e. The molecule has 1 rings (SSSR count). The van der Waals surface area contributed by atoms with Crippen molar-refractivity contribution in [2.45, 2.75) is 6.61 Å². The highest BCUT2D eigenvalue weighted by Gasteiger charge is 2.03. The molecule has 0 aliphatic heterocycles. The Labute approximate surface area is 103 Å². The maximum absolute atomic E-state index is 10.3. The molecule has 1 aromatic rings. The number of primary amides is 1. The Bertz CT molecular complexity index is 389. The van der Waals surface area contributed by atoms with Gasteiger partial charge in [0.1, 0.15) is 24.2 Å². The summed E-state index contributed by atoms with van der Waals surface area (Å²) in [6.07, 6.45) is -0.812. The Morgan fingerprint density at radius 2 is 2.35 bits per heavy atom. The number of nitrogens with one attached hydrogen (secondary N) is 1. The zero-order valence-electron chi connectivity index (χ0n) is 9.27. The van der Waals surface area contributed by atoms with Gasteiger partial charge < -0.3 is 20.5 Å². The second kappa shape index (κ2) is 6.87. The number of nitrogens with zero attached hydrogens (tertiary/aromatic N) is 2. The lowest BCUT2D eigenvalue weighted by Crippen LogP contribution is -2.18. The molecule has 0 radical (unpaired) electrons. The van der Waals surface area contributed by atoms with Gasteiger partial charge in [0.25, 0.3) is 0 Å². The van der Waals surface area contributed by atoms with Gasteiger partial charge in [-0.05, 0) is 0 Å². The fourth-order valence-corrected chi connectivity index (χ4v) is 1.28. The van der Waals surface area contributed by atoms with Gasteiger partial charge >= 0.3 is 6.09 Å². The van der Waals surface area contributed by atoms with Crippen LogP contribution in [0.1, 0.15) is 5.82 Å². The van der Waals surface area contributed by atoms with Crippen LogP contribution in [0.3, 0.4) is 0 Å². The average molecular weight is 261 g/mol. The lowest BCUT2D eigenvalue weighted by Gasteiger charge is -2.07. The molecule has 0 unspecified atom stereocenters. The Kier molecular flexibility index (Phi) is 5.44. The summed E-state index contributed by atoms with van der Waals surface area (Å²) in [5.74, 6) is 1.00. The largest absolute Gasteiger partial charge is 0.448 e. The predicted octanol–water partition coefficient (Wildman–Crippen LogP) is 0.784. The molecular weight excluding hydrogens is 248 g/mol. The molecule has 1 aromatic heterocycles. The van der Waals surface area contributed by atoms with Gasteiger partial charge in [0.2, 0.25) is 0 Å². The molecule has 3 N–H and O–H groups in total. The normalized spacial score (nSPS) is 10.0. The van der Waals surface area contributed by atoms with Crippen LogP contribution in [-0.4, -0.2) is 36.3 Å². The summed E-state index contributed by atoms with van der Waals surface area (Å²) in [6.45, 7) is 0.798. The number of amides is 1. The SMILES string of the molecule is COCc1nc(Cl)cc(NCCOC(N)=O)n1. The second-order valence-electron chi connectivity index (χ2n) is 3.02. The molecule has 7 nitrogen and oxygen atoms in total. The zero-order chi connectivity index (χ0) is 12.7. The van der Waals surface area contributed by atoms with E-state index in [4.69, 9.17) is 22.1 Å². The lowest BCUT2D eigenvalue weighted by molar-refractivity contribution is 0.161. The first-order valence-corrected chi connectivity index (χ1v) is 5.18. The fraction of sp³-hybridized carbons (Fsp3) is 0.444. The number of carbonyl (C=O) groups is 1. The van der Waals surface area contributed by atoms with Crippen LogP contribution in [0.25, 0.3) is 0 Å². The van der Waals surface area contributed by atoms with Crippen LogP contribution in [-0.2, 0) is 16.1 Å². The van der Waals surface area contributed by atoms with Gasteiger partial charge in [-0.1, -0.05) is 11.6 Å². The molecule has 0 aliphatic carbocycles. The number of aromatic nitrogens is 2. The first kappa shape index (κ1) is 13.5. The minimum Gasteiger partial charge on any atom is -0.448 e. The molecule has 0 aromatic carbocycles. The van der Waals surface area contributed by atoms with Crippen LogP contribution < -0.4 is 11.1 Å². The number of anilines is 1. The number of hydrogen-bond acceptors (Lipinski definition) is 6. The van der Waals surface area contributed by atoms with E-state index in [1.165, 1.54) is 7.11 Å². The van der Waals surface area contributed by atoms with Crippen molar-refractivity contribution in [2.75, 3.05) is 25.6 Å². The quantitative estimate of drug-likeness (QED) is 0.579. The van der Waals surface area contributed by atoms with Crippen LogP contribution in [0.2, 0.25) is 5.15 Å². The summed E-state index contributed by atoms with van der Waals surface area (Å²) < 4.78 is 9.44. The first-order chi connectivity index (χ1) is 8.11. The predicted molar refractivity (Wildman–Crippen MR) is 61.8 cm³/mol. The van der Waals surface area contributed by atoms with Crippen LogP contribution in [0.15, 0.2) is 6.07 Å². The van der Waals surface area contributed by atoms with E-state index in [-0.39, 0.29) is 13.2 Å². The van der Waals surface area contributed by atoms with Crippen molar-refractivity contribution in [1.82, 2.24) is 9.97 Å². The number of halogens is 1. The van der Waals surface area contributed by atoms with Gasteiger partial charge in [-0.25, -0.2) is 14.8 Å². The molecule has 1 heterocycles. The second-order valence-corrected chi connectivity index (χ2v) is 3.41. The number of ether oxygens (including phenoxy) is 2. The van der Waals surface area contributed by atoms with Crippen molar-refractivity contribution >= 4 is 23.5 Å². The molecule has 0 bridgehead atoms. The Balaban J connectivity index is 2.49. The third-order valence-electron chi connectivity index (χ3n) is 1.67. The number of nitrogens with two attached hydrogens (primary N) is 1. The van der Waals surface area contributed by atoms with E-state index in [0.29, 0.717) is 23.3 Å². The summed E-state index contributed by atoms with van der Waals surface area (Å²) in [5, 5.41) is 3.23. The van der Waals surface area contributed by atoms with Crippen molar-refractivity contribution in [3.8, 4) is 0 Å². The van der Waals surface area contributed by atoms with Gasteiger partial charge in [-0.15, -0.1) is 0 Å². The van der Waals surface area contributed by atoms with Crippen LogP contribution in [0, 0.1) is 0 Å². The van der Waals surface area contributed by atoms with E-state index in [1.54, 1.807) is 6.07 Å². The minimum atomic E-state index is -0.812. The van der Waals surface area contributed by atoms with E-state index in [0.717, 1.165) is 0 Å². The van der Waals surface area contributed by atoms with Crippen molar-refractivity contribution < 1.29 is 14.3 Å². The molecule has 0 saturated carbocycles. The summed E-state index contributed by atoms with van der Waals surface area (Å²) in [6, 6.07) is 1.56. The van der Waals surface area contributed by atoms with E-state index in [2.05, 4.69) is 20.0 Å². The summed E-state index contributed by atoms with van der Waals surface area (Å²) in [5.41, 5.74) is 4.81. The molecule has 0 saturated heterocycles. The van der Waals surface area contributed by atoms with Crippen LogP contribution in [0.4, 0.5) is 10.6 Å². The number of methoxy groups -OCH3 is 1. The molecule has 0 fully saturated rings. The van der Waals surface area contributed by atoms with Crippen LogP contribution >= 0.6 is 11.6 Å².